The molecular formula is C29H31N7O2. The first-order valence-electron chi connectivity index (χ1n) is 12.5. The molecule has 5 aromatic heterocycles. The zero-order chi connectivity index (χ0) is 27.0. The fourth-order valence-corrected chi connectivity index (χ4v) is 5.87. The van der Waals surface area contributed by atoms with Gasteiger partial charge in [0.25, 0.3) is 5.56 Å². The van der Waals surface area contributed by atoms with Crippen molar-refractivity contribution in [1.29, 1.82) is 0 Å². The lowest BCUT2D eigenvalue weighted by Crippen LogP contribution is -2.37. The average molecular weight is 510 g/mol. The van der Waals surface area contributed by atoms with Crippen molar-refractivity contribution in [3.63, 3.8) is 0 Å². The Morgan fingerprint density at radius 3 is 2.11 bits per heavy atom. The number of aryl methyl sites for hydroxylation is 3. The summed E-state index contributed by atoms with van der Waals surface area (Å²) in [6.45, 7) is 5.71. The zero-order valence-corrected chi connectivity index (χ0v) is 22.4. The minimum Gasteiger partial charge on any atom is -0.386 e. The average Bonchev–Trinajstić information content (AvgIpc) is 3.64. The Morgan fingerprint density at radius 2 is 1.53 bits per heavy atom. The Labute approximate surface area is 219 Å². The third kappa shape index (κ3) is 3.31. The summed E-state index contributed by atoms with van der Waals surface area (Å²) in [6.07, 6.45) is 13.1. The van der Waals surface area contributed by atoms with Crippen molar-refractivity contribution in [1.82, 2.24) is 33.2 Å². The first kappa shape index (κ1) is 24.0. The van der Waals surface area contributed by atoms with Crippen LogP contribution in [0.5, 0.6) is 0 Å². The molecule has 0 saturated heterocycles. The number of pyridine rings is 1. The number of nitrogens with zero attached hydrogens (tertiary/aromatic N) is 6. The number of aromatic nitrogens is 7. The van der Waals surface area contributed by atoms with Crippen LogP contribution in [0.25, 0.3) is 32.9 Å². The Morgan fingerprint density at radius 1 is 0.868 bits per heavy atom. The molecule has 0 amide bonds. The maximum absolute atomic E-state index is 12.6. The monoisotopic (exact) mass is 509 g/mol. The fourth-order valence-electron chi connectivity index (χ4n) is 5.87. The molecule has 0 radical (unpaired) electrons. The number of aromatic amines is 1. The quantitative estimate of drug-likeness (QED) is 0.367. The molecule has 6 aromatic rings. The number of H-pyrrole nitrogens is 1. The predicted octanol–water partition coefficient (Wildman–Crippen LogP) is 3.99. The molecule has 0 atom stereocenters. The molecule has 0 spiro atoms. The number of nitrogens with one attached hydrogen (secondary N) is 1. The second-order valence-electron chi connectivity index (χ2n) is 10.7. The largest absolute Gasteiger partial charge is 0.386 e. The van der Waals surface area contributed by atoms with Gasteiger partial charge in [0.2, 0.25) is 0 Å². The Hall–Kier alpha value is -4.37. The molecule has 0 aliphatic carbocycles. The van der Waals surface area contributed by atoms with E-state index in [4.69, 9.17) is 9.97 Å². The van der Waals surface area contributed by atoms with E-state index in [1.165, 1.54) is 0 Å². The van der Waals surface area contributed by atoms with E-state index >= 15 is 0 Å². The maximum atomic E-state index is 12.6. The fraction of sp³-hybridized carbons (Fsp3) is 0.276. The molecular weight excluding hydrogens is 478 g/mol. The van der Waals surface area contributed by atoms with Crippen molar-refractivity contribution in [3.8, 4) is 11.1 Å². The van der Waals surface area contributed by atoms with Gasteiger partial charge in [0, 0.05) is 80.9 Å². The van der Waals surface area contributed by atoms with Crippen LogP contribution in [-0.2, 0) is 32.3 Å². The lowest BCUT2D eigenvalue weighted by atomic mass is 9.90. The van der Waals surface area contributed by atoms with Gasteiger partial charge in [0.05, 0.1) is 11.1 Å². The van der Waals surface area contributed by atoms with Crippen LogP contribution in [0.1, 0.15) is 38.0 Å². The van der Waals surface area contributed by atoms with Crippen LogP contribution in [0.15, 0.2) is 72.4 Å². The van der Waals surface area contributed by atoms with Crippen LogP contribution in [-0.4, -0.2) is 38.3 Å². The van der Waals surface area contributed by atoms with E-state index in [-0.39, 0.29) is 5.56 Å². The summed E-state index contributed by atoms with van der Waals surface area (Å²) in [5.74, 6) is 1.66. The number of hydrogen-bond donors (Lipinski definition) is 2. The van der Waals surface area contributed by atoms with Gasteiger partial charge in [-0.3, -0.25) is 4.79 Å². The van der Waals surface area contributed by atoms with Crippen molar-refractivity contribution >= 4 is 21.8 Å². The van der Waals surface area contributed by atoms with E-state index in [2.05, 4.69) is 22.5 Å². The molecule has 2 N–H and O–H groups in total. The van der Waals surface area contributed by atoms with Gasteiger partial charge >= 0.3 is 0 Å². The molecule has 6 rings (SSSR count). The SMILES string of the molecule is Cn1ccnc1C(C)(c1nccn1C)n1ccc2c(C(C)(C)O)cc(-c3cn(C)c4c(=O)[nH]ccc34)cc21. The van der Waals surface area contributed by atoms with Crippen LogP contribution >= 0.6 is 0 Å². The lowest BCUT2D eigenvalue weighted by Gasteiger charge is -2.32. The molecule has 38 heavy (non-hydrogen) atoms. The van der Waals surface area contributed by atoms with E-state index in [1.807, 2.05) is 77.8 Å². The third-order valence-electron chi connectivity index (χ3n) is 7.67. The van der Waals surface area contributed by atoms with Gasteiger partial charge < -0.3 is 28.4 Å². The van der Waals surface area contributed by atoms with E-state index in [0.29, 0.717) is 5.52 Å². The molecule has 0 fully saturated rings. The van der Waals surface area contributed by atoms with Gasteiger partial charge in [-0.15, -0.1) is 0 Å². The van der Waals surface area contributed by atoms with Crippen molar-refractivity contribution in [2.45, 2.75) is 31.9 Å². The van der Waals surface area contributed by atoms with Crippen molar-refractivity contribution in [3.05, 3.63) is 95.2 Å². The molecule has 0 aliphatic rings. The van der Waals surface area contributed by atoms with Gasteiger partial charge in [0.1, 0.15) is 17.2 Å². The summed E-state index contributed by atoms with van der Waals surface area (Å²) < 4.78 is 8.06. The normalized spacial score (nSPS) is 12.7. The summed E-state index contributed by atoms with van der Waals surface area (Å²) in [6, 6.07) is 8.13. The molecule has 9 heteroatoms. The lowest BCUT2D eigenvalue weighted by molar-refractivity contribution is 0.0802. The summed E-state index contributed by atoms with van der Waals surface area (Å²) in [5, 5.41) is 13.1. The predicted molar refractivity (Wildman–Crippen MR) is 148 cm³/mol. The van der Waals surface area contributed by atoms with Gasteiger partial charge in [-0.05, 0) is 56.2 Å². The van der Waals surface area contributed by atoms with Crippen LogP contribution in [0.3, 0.4) is 0 Å². The van der Waals surface area contributed by atoms with Crippen molar-refractivity contribution in [2.75, 3.05) is 0 Å². The highest BCUT2D eigenvalue weighted by Crippen LogP contribution is 2.41. The van der Waals surface area contributed by atoms with Gasteiger partial charge in [-0.2, -0.15) is 0 Å². The Bertz CT molecular complexity index is 1850. The standard InChI is InChI=1S/C29H31N7O2/c1-28(2,38)22-15-18(21-17-35(6)24-19(21)7-9-30-25(24)37)16-23-20(22)8-12-36(23)29(3,26-31-10-13-33(26)4)27-32-11-14-34(27)5/h7-17,38H,1-6H3,(H,30,37). The molecule has 1 aromatic carbocycles. The molecule has 0 unspecified atom stereocenters. The summed E-state index contributed by atoms with van der Waals surface area (Å²) in [5.41, 5.74) is 2.16. The first-order chi connectivity index (χ1) is 18.0. The second-order valence-corrected chi connectivity index (χ2v) is 10.7. The number of hydrogen-bond acceptors (Lipinski definition) is 4. The maximum Gasteiger partial charge on any atom is 0.272 e. The third-order valence-corrected chi connectivity index (χ3v) is 7.67. The molecule has 0 aliphatic heterocycles. The van der Waals surface area contributed by atoms with Crippen LogP contribution in [0.4, 0.5) is 0 Å². The molecule has 9 nitrogen and oxygen atoms in total. The topological polar surface area (TPSA) is 98.6 Å². The number of benzene rings is 1. The highest BCUT2D eigenvalue weighted by molar-refractivity contribution is 5.99. The number of aliphatic hydroxyl groups is 1. The van der Waals surface area contributed by atoms with Crippen molar-refractivity contribution in [2.24, 2.45) is 21.1 Å². The number of rotatable bonds is 5. The first-order valence-corrected chi connectivity index (χ1v) is 12.5. The zero-order valence-electron chi connectivity index (χ0n) is 22.4. The summed E-state index contributed by atoms with van der Waals surface area (Å²) in [4.78, 5) is 24.9. The van der Waals surface area contributed by atoms with E-state index < -0.39 is 11.1 Å². The summed E-state index contributed by atoms with van der Waals surface area (Å²) in [7, 11) is 5.84. The minimum atomic E-state index is -1.11. The Balaban J connectivity index is 1.72. The smallest absolute Gasteiger partial charge is 0.272 e. The van der Waals surface area contributed by atoms with Crippen molar-refractivity contribution < 1.29 is 5.11 Å². The van der Waals surface area contributed by atoms with E-state index in [1.54, 1.807) is 32.4 Å². The van der Waals surface area contributed by atoms with Crippen LogP contribution < -0.4 is 5.56 Å². The van der Waals surface area contributed by atoms with Gasteiger partial charge in [-0.25, -0.2) is 9.97 Å². The number of fused-ring (bicyclic) bond motifs is 2. The number of imidazole rings is 2. The van der Waals surface area contributed by atoms with Crippen LogP contribution in [0, 0.1) is 0 Å². The molecule has 0 bridgehead atoms. The Kier molecular flexibility index (Phi) is 5.09. The minimum absolute atomic E-state index is 0.138. The molecule has 194 valence electrons. The molecule has 5 heterocycles. The molecule has 0 saturated carbocycles. The summed E-state index contributed by atoms with van der Waals surface area (Å²) >= 11 is 0. The van der Waals surface area contributed by atoms with Gasteiger partial charge in [-0.1, -0.05) is 0 Å². The van der Waals surface area contributed by atoms with E-state index in [9.17, 15) is 9.90 Å². The van der Waals surface area contributed by atoms with Crippen LogP contribution in [0.2, 0.25) is 0 Å². The highest BCUT2D eigenvalue weighted by Gasteiger charge is 2.39. The van der Waals surface area contributed by atoms with Gasteiger partial charge in [0.15, 0.2) is 5.54 Å². The highest BCUT2D eigenvalue weighted by atomic mass is 16.3. The second kappa shape index (κ2) is 8.06. The van der Waals surface area contributed by atoms with E-state index in [0.717, 1.165) is 44.6 Å².